The summed E-state index contributed by atoms with van der Waals surface area (Å²) >= 11 is 0. The van der Waals surface area contributed by atoms with Crippen LogP contribution in [0.5, 0.6) is 23.3 Å². The van der Waals surface area contributed by atoms with Crippen molar-refractivity contribution in [2.24, 2.45) is 11.8 Å². The molecule has 5 atom stereocenters. The number of hydrogen-bond donors (Lipinski definition) is 3. The Balaban J connectivity index is 1.11. The van der Waals surface area contributed by atoms with Gasteiger partial charge in [0.1, 0.15) is 12.7 Å². The molecule has 3 N–H and O–H groups in total. The monoisotopic (exact) mass is 392 g/mol. The molecule has 0 radical (unpaired) electrons. The van der Waals surface area contributed by atoms with E-state index in [1.165, 1.54) is 0 Å². The Bertz CT molecular complexity index is 979. The molecular weight excluding hydrogens is 368 g/mol. The summed E-state index contributed by atoms with van der Waals surface area (Å²) in [5.41, 5.74) is 1.84. The predicted octanol–water partition coefficient (Wildman–Crippen LogP) is 2.88. The van der Waals surface area contributed by atoms with Crippen molar-refractivity contribution >= 4 is 0 Å². The van der Waals surface area contributed by atoms with E-state index in [9.17, 15) is 10.2 Å². The minimum absolute atomic E-state index is 0.0632. The van der Waals surface area contributed by atoms with Crippen LogP contribution in [0, 0.1) is 11.8 Å². The molecule has 2 bridgehead atoms. The topological polar surface area (TPSA) is 75.9 Å². The molecule has 29 heavy (non-hydrogen) atoms. The molecule has 7 rings (SSSR count). The Morgan fingerprint density at radius 3 is 2.24 bits per heavy atom. The van der Waals surface area contributed by atoms with Gasteiger partial charge in [-0.1, -0.05) is 36.4 Å². The Hall–Kier alpha value is -2.86. The molecule has 150 valence electrons. The number of aromatic hydroxyl groups is 2. The van der Waals surface area contributed by atoms with Crippen molar-refractivity contribution < 1.29 is 19.7 Å². The van der Waals surface area contributed by atoms with Crippen LogP contribution in [0.25, 0.3) is 0 Å². The van der Waals surface area contributed by atoms with Gasteiger partial charge in [-0.25, -0.2) is 0 Å². The third-order valence-corrected chi connectivity index (χ3v) is 6.76. The van der Waals surface area contributed by atoms with E-state index in [0.717, 1.165) is 22.6 Å². The first-order valence-electron chi connectivity index (χ1n) is 10.3. The normalized spacial score (nSPS) is 30.0. The van der Waals surface area contributed by atoms with E-state index >= 15 is 0 Å². The van der Waals surface area contributed by atoms with Gasteiger partial charge >= 0.3 is 0 Å². The van der Waals surface area contributed by atoms with Crippen molar-refractivity contribution in [1.82, 2.24) is 9.88 Å². The fraction of sp³-hybridized carbons (Fsp3) is 0.391. The zero-order valence-electron chi connectivity index (χ0n) is 16.0. The molecule has 4 aliphatic carbocycles. The minimum Gasteiger partial charge on any atom is -0.494 e. The third kappa shape index (κ3) is 2.45. The fourth-order valence-electron chi connectivity index (χ4n) is 5.28. The second-order valence-corrected chi connectivity index (χ2v) is 8.30. The van der Waals surface area contributed by atoms with Crippen LogP contribution in [0.2, 0.25) is 0 Å². The molecule has 6 heteroatoms. The van der Waals surface area contributed by atoms with Gasteiger partial charge in [-0.15, -0.1) is 0 Å². The molecule has 2 heterocycles. The summed E-state index contributed by atoms with van der Waals surface area (Å²) < 4.78 is 13.3. The smallest absolute Gasteiger partial charge is 0.198 e. The van der Waals surface area contributed by atoms with Crippen LogP contribution in [0.15, 0.2) is 48.6 Å². The average molecular weight is 392 g/mol. The molecular formula is C23H24N2O4. The van der Waals surface area contributed by atoms with Crippen LogP contribution in [-0.4, -0.2) is 40.6 Å². The van der Waals surface area contributed by atoms with Crippen molar-refractivity contribution in [3.05, 3.63) is 59.7 Å². The van der Waals surface area contributed by atoms with Crippen LogP contribution in [0.3, 0.4) is 0 Å². The second-order valence-electron chi connectivity index (χ2n) is 8.30. The maximum atomic E-state index is 10.8. The first-order chi connectivity index (χ1) is 14.2. The number of ether oxygens (including phenoxy) is 2. The highest BCUT2D eigenvalue weighted by Crippen LogP contribution is 2.61. The summed E-state index contributed by atoms with van der Waals surface area (Å²) in [5, 5.41) is 25.0. The lowest BCUT2D eigenvalue weighted by atomic mass is 9.56. The van der Waals surface area contributed by atoms with E-state index in [2.05, 4.69) is 29.6 Å². The molecule has 1 aromatic heterocycles. The summed E-state index contributed by atoms with van der Waals surface area (Å²) in [6.07, 6.45) is 8.78. The van der Waals surface area contributed by atoms with Crippen LogP contribution < -0.4 is 14.8 Å². The Morgan fingerprint density at radius 1 is 0.931 bits per heavy atom. The molecule has 0 saturated heterocycles. The van der Waals surface area contributed by atoms with Crippen molar-refractivity contribution in [1.29, 1.82) is 0 Å². The number of benzene rings is 1. The van der Waals surface area contributed by atoms with Crippen molar-refractivity contribution in [3.8, 4) is 23.3 Å². The molecule has 0 spiro atoms. The number of nitrogens with zero attached hydrogens (tertiary/aromatic N) is 1. The van der Waals surface area contributed by atoms with Crippen LogP contribution >= 0.6 is 0 Å². The highest BCUT2D eigenvalue weighted by atomic mass is 16.6. The molecule has 0 fully saturated rings. The highest BCUT2D eigenvalue weighted by molar-refractivity contribution is 5.59. The van der Waals surface area contributed by atoms with Crippen LogP contribution in [0.1, 0.15) is 23.0 Å². The SMILES string of the molecule is Oc1c2c(c(O)n1CCNCC1COc3ccccc3O1)C1C=CC2[C@H]2C=C[C@@H]12. The van der Waals surface area contributed by atoms with Crippen molar-refractivity contribution in [2.75, 3.05) is 19.7 Å². The van der Waals surface area contributed by atoms with Gasteiger partial charge in [0.05, 0.1) is 0 Å². The highest BCUT2D eigenvalue weighted by Gasteiger charge is 2.49. The summed E-state index contributed by atoms with van der Waals surface area (Å²) in [6, 6.07) is 7.68. The molecule has 3 unspecified atom stereocenters. The zero-order valence-corrected chi connectivity index (χ0v) is 16.0. The largest absolute Gasteiger partial charge is 0.494 e. The van der Waals surface area contributed by atoms with Gasteiger partial charge in [-0.05, 0) is 24.0 Å². The minimum atomic E-state index is -0.0632. The number of allylic oxidation sites excluding steroid dienone is 4. The molecule has 2 aromatic rings. The maximum Gasteiger partial charge on any atom is 0.198 e. The number of fused-ring (bicyclic) bond motifs is 1. The maximum absolute atomic E-state index is 10.8. The standard InChI is InChI=1S/C23H24N2O4/c26-22-20-16-7-8-17(15-6-5-14(15)16)21(20)23(27)25(22)10-9-24-11-13-12-28-18-3-1-2-4-19(18)29-13/h1-8,13-17,24,26-27H,9-12H2/t13?,14-,15+,16?,17?. The van der Waals surface area contributed by atoms with Gasteiger partial charge in [-0.3, -0.25) is 4.57 Å². The van der Waals surface area contributed by atoms with Gasteiger partial charge in [0, 0.05) is 42.6 Å². The van der Waals surface area contributed by atoms with E-state index < -0.39 is 0 Å². The van der Waals surface area contributed by atoms with Gasteiger partial charge < -0.3 is 25.0 Å². The Kier molecular flexibility index (Phi) is 3.71. The first-order valence-corrected chi connectivity index (χ1v) is 10.3. The number of para-hydroxylation sites is 2. The summed E-state index contributed by atoms with van der Waals surface area (Å²) in [6.45, 7) is 2.25. The molecule has 5 aliphatic rings. The zero-order chi connectivity index (χ0) is 19.5. The lowest BCUT2D eigenvalue weighted by Gasteiger charge is -2.47. The van der Waals surface area contributed by atoms with Gasteiger partial charge in [-0.2, -0.15) is 0 Å². The number of nitrogens with one attached hydrogen (secondary N) is 1. The second kappa shape index (κ2) is 6.32. The number of rotatable bonds is 5. The lowest BCUT2D eigenvalue weighted by molar-refractivity contribution is 0.0903. The Morgan fingerprint density at radius 2 is 1.59 bits per heavy atom. The molecule has 1 aromatic carbocycles. The number of aromatic nitrogens is 1. The molecule has 6 nitrogen and oxygen atoms in total. The van der Waals surface area contributed by atoms with E-state index in [4.69, 9.17) is 9.47 Å². The number of hydrogen-bond acceptors (Lipinski definition) is 5. The average Bonchev–Trinajstić information content (AvgIpc) is 2.97. The predicted molar refractivity (Wildman–Crippen MR) is 108 cm³/mol. The first kappa shape index (κ1) is 17.0. The summed E-state index contributed by atoms with van der Waals surface area (Å²) in [5.74, 6) is 3.25. The van der Waals surface area contributed by atoms with Gasteiger partial charge in [0.15, 0.2) is 23.3 Å². The van der Waals surface area contributed by atoms with E-state index in [0.29, 0.717) is 38.1 Å². The third-order valence-electron chi connectivity index (χ3n) is 6.76. The van der Waals surface area contributed by atoms with E-state index in [1.54, 1.807) is 4.57 Å². The van der Waals surface area contributed by atoms with Crippen LogP contribution in [0.4, 0.5) is 0 Å². The molecule has 1 aliphatic heterocycles. The quantitative estimate of drug-likeness (QED) is 0.539. The summed E-state index contributed by atoms with van der Waals surface area (Å²) in [7, 11) is 0. The van der Waals surface area contributed by atoms with Crippen molar-refractivity contribution in [3.63, 3.8) is 0 Å². The van der Waals surface area contributed by atoms with E-state index in [1.807, 2.05) is 24.3 Å². The van der Waals surface area contributed by atoms with Crippen LogP contribution in [-0.2, 0) is 6.54 Å². The Labute approximate surface area is 169 Å². The van der Waals surface area contributed by atoms with E-state index in [-0.39, 0.29) is 29.7 Å². The van der Waals surface area contributed by atoms with Gasteiger partial charge in [0.2, 0.25) is 0 Å². The lowest BCUT2D eigenvalue weighted by Crippen LogP contribution is -2.39. The summed E-state index contributed by atoms with van der Waals surface area (Å²) in [4.78, 5) is 0. The molecule has 0 saturated carbocycles. The molecule has 0 amide bonds. The van der Waals surface area contributed by atoms with Gasteiger partial charge in [0.25, 0.3) is 0 Å². The van der Waals surface area contributed by atoms with Crippen molar-refractivity contribution in [2.45, 2.75) is 24.5 Å². The fourth-order valence-corrected chi connectivity index (χ4v) is 5.28.